The first-order valence-electron chi connectivity index (χ1n) is 12.1. The van der Waals surface area contributed by atoms with Crippen molar-refractivity contribution in [2.24, 2.45) is 0 Å². The van der Waals surface area contributed by atoms with E-state index < -0.39 is 6.67 Å². The van der Waals surface area contributed by atoms with Gasteiger partial charge in [-0.2, -0.15) is 0 Å². The summed E-state index contributed by atoms with van der Waals surface area (Å²) in [6.45, 7) is 4.75. The number of benzene rings is 1. The Kier molecular flexibility index (Phi) is 6.86. The maximum absolute atomic E-state index is 13.1. The monoisotopic (exact) mass is 498 g/mol. The molecular weight excluding hydrogens is 467 g/mol. The quantitative estimate of drug-likeness (QED) is 0.486. The lowest BCUT2D eigenvalue weighted by Crippen LogP contribution is -2.60. The molecule has 0 radical (unpaired) electrons. The van der Waals surface area contributed by atoms with Gasteiger partial charge in [-0.05, 0) is 38.6 Å². The van der Waals surface area contributed by atoms with Gasteiger partial charge in [-0.1, -0.05) is 11.6 Å². The molecule has 3 aromatic rings. The van der Waals surface area contributed by atoms with Gasteiger partial charge in [0, 0.05) is 54.9 Å². The van der Waals surface area contributed by atoms with Crippen LogP contribution >= 0.6 is 11.3 Å². The topological polar surface area (TPSA) is 93.4 Å². The smallest absolute Gasteiger partial charge is 0.280 e. The van der Waals surface area contributed by atoms with Crippen molar-refractivity contribution in [2.45, 2.75) is 38.4 Å². The first-order chi connectivity index (χ1) is 16.9. The van der Waals surface area contributed by atoms with Crippen LogP contribution in [0.15, 0.2) is 24.3 Å². The molecule has 8 nitrogen and oxygen atoms in total. The second kappa shape index (κ2) is 10.0. The molecule has 0 saturated carbocycles. The maximum Gasteiger partial charge on any atom is 0.280 e. The summed E-state index contributed by atoms with van der Waals surface area (Å²) in [5.41, 5.74) is 3.52. The highest BCUT2D eigenvalue weighted by atomic mass is 32.1. The Morgan fingerprint density at radius 3 is 2.86 bits per heavy atom. The molecule has 186 valence electrons. The van der Waals surface area contributed by atoms with Crippen LogP contribution in [-0.4, -0.2) is 83.6 Å². The van der Waals surface area contributed by atoms with Gasteiger partial charge in [0.25, 0.3) is 11.8 Å². The van der Waals surface area contributed by atoms with Crippen LogP contribution in [0.4, 0.5) is 4.39 Å². The number of hydrogen-bond acceptors (Lipinski definition) is 6. The fourth-order valence-corrected chi connectivity index (χ4v) is 6.02. The molecule has 2 amide bonds. The number of rotatable bonds is 6. The van der Waals surface area contributed by atoms with Crippen LogP contribution in [0.1, 0.15) is 42.8 Å². The number of hydrogen-bond donors (Lipinski definition) is 3. The summed E-state index contributed by atoms with van der Waals surface area (Å²) in [6, 6.07) is 7.23. The molecule has 1 fully saturated rings. The Morgan fingerprint density at radius 1 is 1.20 bits per heavy atom. The van der Waals surface area contributed by atoms with E-state index in [9.17, 15) is 14.0 Å². The zero-order chi connectivity index (χ0) is 24.5. The highest BCUT2D eigenvalue weighted by Gasteiger charge is 2.33. The van der Waals surface area contributed by atoms with Crippen LogP contribution in [0.25, 0.3) is 10.9 Å². The number of likely N-dealkylation sites (tertiary alicyclic amines) is 1. The van der Waals surface area contributed by atoms with Gasteiger partial charge in [0.15, 0.2) is 5.01 Å². The molecule has 5 rings (SSSR count). The average molecular weight is 499 g/mol. The predicted molar refractivity (Wildman–Crippen MR) is 135 cm³/mol. The highest BCUT2D eigenvalue weighted by molar-refractivity contribution is 7.13. The predicted octanol–water partition coefficient (Wildman–Crippen LogP) is 2.49. The van der Waals surface area contributed by atoms with Crippen LogP contribution in [0.5, 0.6) is 0 Å². The fraction of sp³-hybridized carbons (Fsp3) is 0.480. The Labute approximate surface area is 207 Å². The SMILES string of the molecule is Cc1ccc2[nH]c(C(=O)N[C@H]3CCN(CCF)C[C@H]3NC(=O)c3nc4c(s3)CN(C)CC4)cc2c1. The van der Waals surface area contributed by atoms with Gasteiger partial charge < -0.3 is 20.5 Å². The third-order valence-corrected chi connectivity index (χ3v) is 7.95. The number of carbonyl (C=O) groups is 2. The van der Waals surface area contributed by atoms with Gasteiger partial charge in [0.2, 0.25) is 0 Å². The van der Waals surface area contributed by atoms with Crippen molar-refractivity contribution < 1.29 is 14.0 Å². The van der Waals surface area contributed by atoms with Crippen molar-refractivity contribution in [3.8, 4) is 0 Å². The summed E-state index contributed by atoms with van der Waals surface area (Å²) in [5, 5.41) is 7.63. The molecule has 2 atom stereocenters. The number of halogens is 1. The van der Waals surface area contributed by atoms with E-state index in [-0.39, 0.29) is 23.9 Å². The second-order valence-corrected chi connectivity index (χ2v) is 10.7. The van der Waals surface area contributed by atoms with Crippen LogP contribution in [0, 0.1) is 6.92 Å². The number of nitrogens with zero attached hydrogens (tertiary/aromatic N) is 3. The number of H-pyrrole nitrogens is 1. The number of thiazole rings is 1. The zero-order valence-electron chi connectivity index (χ0n) is 20.1. The molecular formula is C25H31FN6O2S. The standard InChI is InChI=1S/C25H31FN6O2S/c1-15-3-4-17-16(11-15)12-20(27-17)23(33)28-18-6-9-32(10-7-26)13-21(18)29-24(34)25-30-19-5-8-31(2)14-22(19)35-25/h3-4,11-12,18,21,27H,5-10,13-14H2,1-2H3,(H,28,33)(H,29,34)/t18-,21+/m0/s1. The lowest BCUT2D eigenvalue weighted by molar-refractivity contribution is 0.0801. The van der Waals surface area contributed by atoms with Gasteiger partial charge in [0.1, 0.15) is 12.4 Å². The fourth-order valence-electron chi connectivity index (χ4n) is 4.93. The van der Waals surface area contributed by atoms with Crippen LogP contribution in [0.2, 0.25) is 0 Å². The van der Waals surface area contributed by atoms with Crippen LogP contribution in [0.3, 0.4) is 0 Å². The number of aromatic amines is 1. The Hall–Kier alpha value is -2.82. The van der Waals surface area contributed by atoms with Crippen LogP contribution < -0.4 is 10.6 Å². The van der Waals surface area contributed by atoms with Gasteiger partial charge in [-0.15, -0.1) is 11.3 Å². The summed E-state index contributed by atoms with van der Waals surface area (Å²) in [5.74, 6) is -0.450. The molecule has 1 aromatic carbocycles. The second-order valence-electron chi connectivity index (χ2n) is 9.59. The number of fused-ring (bicyclic) bond motifs is 2. The van der Waals surface area contributed by atoms with Crippen molar-refractivity contribution in [3.63, 3.8) is 0 Å². The van der Waals surface area contributed by atoms with Crippen molar-refractivity contribution in [2.75, 3.05) is 39.9 Å². The number of aryl methyl sites for hydroxylation is 1. The molecule has 2 aliphatic rings. The van der Waals surface area contributed by atoms with Crippen molar-refractivity contribution in [1.29, 1.82) is 0 Å². The average Bonchev–Trinajstić information content (AvgIpc) is 3.44. The number of nitrogens with one attached hydrogen (secondary N) is 3. The summed E-state index contributed by atoms with van der Waals surface area (Å²) < 4.78 is 13.0. The van der Waals surface area contributed by atoms with Crippen molar-refractivity contribution >= 4 is 34.1 Å². The molecule has 3 N–H and O–H groups in total. The Bertz CT molecular complexity index is 1240. The number of carbonyl (C=O) groups excluding carboxylic acids is 2. The number of likely N-dealkylation sites (N-methyl/N-ethyl adjacent to an activating group) is 1. The summed E-state index contributed by atoms with van der Waals surface area (Å²) >= 11 is 1.43. The minimum atomic E-state index is -0.446. The minimum Gasteiger partial charge on any atom is -0.351 e. The first kappa shape index (κ1) is 23.9. The molecule has 0 aliphatic carbocycles. The van der Waals surface area contributed by atoms with Crippen molar-refractivity contribution in [3.05, 3.63) is 51.1 Å². The minimum absolute atomic E-state index is 0.213. The molecule has 0 unspecified atom stereocenters. The molecule has 10 heteroatoms. The Morgan fingerprint density at radius 2 is 2.03 bits per heavy atom. The number of amides is 2. The lowest BCUT2D eigenvalue weighted by Gasteiger charge is -2.38. The van der Waals surface area contributed by atoms with Crippen molar-refractivity contribution in [1.82, 2.24) is 30.4 Å². The number of aromatic nitrogens is 2. The van der Waals surface area contributed by atoms with E-state index in [1.165, 1.54) is 11.3 Å². The highest BCUT2D eigenvalue weighted by Crippen LogP contribution is 2.25. The van der Waals surface area contributed by atoms with E-state index >= 15 is 0 Å². The van der Waals surface area contributed by atoms with E-state index in [1.54, 1.807) is 0 Å². The van der Waals surface area contributed by atoms with E-state index in [1.807, 2.05) is 36.1 Å². The van der Waals surface area contributed by atoms with E-state index in [4.69, 9.17) is 0 Å². The zero-order valence-corrected chi connectivity index (χ0v) is 20.9. The maximum atomic E-state index is 13.1. The third-order valence-electron chi connectivity index (χ3n) is 6.87. The number of piperidine rings is 1. The molecule has 0 spiro atoms. The first-order valence-corrected chi connectivity index (χ1v) is 12.9. The summed E-state index contributed by atoms with van der Waals surface area (Å²) in [4.78, 5) is 39.3. The molecule has 1 saturated heterocycles. The Balaban J connectivity index is 1.31. The largest absolute Gasteiger partial charge is 0.351 e. The summed E-state index contributed by atoms with van der Waals surface area (Å²) in [7, 11) is 2.06. The molecule has 4 heterocycles. The van der Waals surface area contributed by atoms with E-state index in [0.29, 0.717) is 36.8 Å². The summed E-state index contributed by atoms with van der Waals surface area (Å²) in [6.07, 6.45) is 1.46. The van der Waals surface area contributed by atoms with Gasteiger partial charge in [0.05, 0.1) is 17.8 Å². The van der Waals surface area contributed by atoms with E-state index in [2.05, 4.69) is 32.5 Å². The third kappa shape index (κ3) is 5.24. The normalized spacial score (nSPS) is 21.1. The van der Waals surface area contributed by atoms with Gasteiger partial charge >= 0.3 is 0 Å². The lowest BCUT2D eigenvalue weighted by atomic mass is 9.98. The number of alkyl halides is 1. The van der Waals surface area contributed by atoms with Crippen LogP contribution in [-0.2, 0) is 13.0 Å². The van der Waals surface area contributed by atoms with Gasteiger partial charge in [-0.3, -0.25) is 14.5 Å². The van der Waals surface area contributed by atoms with E-state index in [0.717, 1.165) is 46.5 Å². The molecule has 2 aliphatic heterocycles. The van der Waals surface area contributed by atoms with Gasteiger partial charge in [-0.25, -0.2) is 9.37 Å². The molecule has 2 aromatic heterocycles. The molecule has 35 heavy (non-hydrogen) atoms. The molecule has 0 bridgehead atoms.